The Morgan fingerprint density at radius 1 is 1.04 bits per heavy atom. The van der Waals surface area contributed by atoms with Gasteiger partial charge >= 0.3 is 0 Å². The Balaban J connectivity index is 1.85. The first-order valence-electron chi connectivity index (χ1n) is 9.88. The molecule has 1 fully saturated rings. The molecule has 1 atom stereocenters. The summed E-state index contributed by atoms with van der Waals surface area (Å²) in [5.74, 6) is 0.785. The first-order chi connectivity index (χ1) is 11.7. The van der Waals surface area contributed by atoms with E-state index in [0.29, 0.717) is 5.92 Å². The van der Waals surface area contributed by atoms with Gasteiger partial charge in [-0.1, -0.05) is 64.4 Å². The zero-order valence-corrected chi connectivity index (χ0v) is 15.5. The number of rotatable bonds is 3. The van der Waals surface area contributed by atoms with Crippen molar-refractivity contribution in [2.75, 3.05) is 0 Å². The van der Waals surface area contributed by atoms with E-state index in [1.807, 2.05) is 6.92 Å². The van der Waals surface area contributed by atoms with E-state index in [2.05, 4.69) is 36.4 Å². The molecule has 2 aliphatic carbocycles. The van der Waals surface area contributed by atoms with Crippen LogP contribution in [0.3, 0.4) is 0 Å². The highest BCUT2D eigenvalue weighted by molar-refractivity contribution is 5.99. The van der Waals surface area contributed by atoms with Gasteiger partial charge in [0.25, 0.3) is 0 Å². The molecule has 0 aliphatic heterocycles. The van der Waals surface area contributed by atoms with E-state index in [0.717, 1.165) is 25.0 Å². The lowest BCUT2D eigenvalue weighted by atomic mass is 9.89. The number of carbonyl (C=O) groups excluding carboxylic acids is 1. The van der Waals surface area contributed by atoms with Crippen molar-refractivity contribution in [3.8, 4) is 0 Å². The number of allylic oxidation sites excluding steroid dienone is 2. The third-order valence-corrected chi connectivity index (χ3v) is 5.34. The molecule has 0 aromatic heterocycles. The molecule has 2 rings (SSSR count). The van der Waals surface area contributed by atoms with Gasteiger partial charge in [0.1, 0.15) is 0 Å². The van der Waals surface area contributed by atoms with Gasteiger partial charge in [0.05, 0.1) is 5.71 Å². The van der Waals surface area contributed by atoms with Crippen LogP contribution in [0.25, 0.3) is 0 Å². The van der Waals surface area contributed by atoms with Crippen molar-refractivity contribution in [2.24, 2.45) is 16.9 Å². The van der Waals surface area contributed by atoms with Gasteiger partial charge in [-0.2, -0.15) is 5.10 Å². The second-order valence-corrected chi connectivity index (χ2v) is 7.46. The van der Waals surface area contributed by atoms with Gasteiger partial charge in [0.2, 0.25) is 5.91 Å². The number of hydrogen-bond donors (Lipinski definition) is 1. The first-order valence-corrected chi connectivity index (χ1v) is 9.88. The monoisotopic (exact) mass is 330 g/mol. The highest BCUT2D eigenvalue weighted by atomic mass is 16.2. The van der Waals surface area contributed by atoms with Crippen LogP contribution < -0.4 is 5.43 Å². The lowest BCUT2D eigenvalue weighted by molar-refractivity contribution is -0.125. The maximum atomic E-state index is 12.5. The van der Waals surface area contributed by atoms with Gasteiger partial charge in [-0.05, 0) is 50.5 Å². The van der Waals surface area contributed by atoms with E-state index in [1.165, 1.54) is 56.9 Å². The molecular weight excluding hydrogens is 296 g/mol. The van der Waals surface area contributed by atoms with Crippen LogP contribution >= 0.6 is 0 Å². The summed E-state index contributed by atoms with van der Waals surface area (Å²) in [6.45, 7) is 4.17. The minimum absolute atomic E-state index is 0.117. The number of carbonyl (C=O) groups is 1. The molecule has 0 saturated heterocycles. The van der Waals surface area contributed by atoms with Crippen LogP contribution in [0.4, 0.5) is 0 Å². The molecule has 24 heavy (non-hydrogen) atoms. The van der Waals surface area contributed by atoms with Crippen molar-refractivity contribution >= 4 is 11.6 Å². The van der Waals surface area contributed by atoms with Gasteiger partial charge in [-0.3, -0.25) is 4.79 Å². The Kier molecular flexibility index (Phi) is 8.55. The lowest BCUT2D eigenvalue weighted by Gasteiger charge is -2.18. The Labute approximate surface area is 148 Å². The van der Waals surface area contributed by atoms with Gasteiger partial charge in [-0.15, -0.1) is 0 Å². The first kappa shape index (κ1) is 19.2. The Hall–Kier alpha value is -1.12. The summed E-state index contributed by atoms with van der Waals surface area (Å²) in [6, 6.07) is 0. The molecule has 0 aromatic carbocycles. The zero-order chi connectivity index (χ0) is 17.2. The normalized spacial score (nSPS) is 25.5. The third kappa shape index (κ3) is 6.78. The molecule has 1 amide bonds. The van der Waals surface area contributed by atoms with Crippen LogP contribution in [0.5, 0.6) is 0 Å². The van der Waals surface area contributed by atoms with E-state index in [-0.39, 0.29) is 11.8 Å². The second kappa shape index (κ2) is 10.7. The van der Waals surface area contributed by atoms with Crippen LogP contribution in [-0.4, -0.2) is 11.6 Å². The predicted molar refractivity (Wildman–Crippen MR) is 101 cm³/mol. The summed E-state index contributed by atoms with van der Waals surface area (Å²) in [6.07, 6.45) is 19.8. The molecule has 1 saturated carbocycles. The van der Waals surface area contributed by atoms with Gasteiger partial charge in [0, 0.05) is 5.92 Å². The maximum Gasteiger partial charge on any atom is 0.243 e. The molecule has 1 unspecified atom stereocenters. The lowest BCUT2D eigenvalue weighted by Crippen LogP contribution is -2.28. The van der Waals surface area contributed by atoms with Crippen molar-refractivity contribution < 1.29 is 4.79 Å². The molecule has 2 radical (unpaired) electrons. The topological polar surface area (TPSA) is 41.5 Å². The number of nitrogens with one attached hydrogen (secondary N) is 1. The van der Waals surface area contributed by atoms with Gasteiger partial charge < -0.3 is 0 Å². The molecule has 2 aliphatic rings. The molecule has 1 N–H and O–H groups in total. The number of hydrogen-bond acceptors (Lipinski definition) is 2. The Morgan fingerprint density at radius 2 is 1.62 bits per heavy atom. The SMILES string of the molecule is C/C(=N\NC(=O)C1CCCCCCCCCC1)C1=C[CH]C(C)[CH]C1. The minimum atomic E-state index is 0.117. The zero-order valence-electron chi connectivity index (χ0n) is 15.5. The summed E-state index contributed by atoms with van der Waals surface area (Å²) in [7, 11) is 0. The number of nitrogens with zero attached hydrogens (tertiary/aromatic N) is 1. The molecule has 0 heterocycles. The summed E-state index contributed by atoms with van der Waals surface area (Å²) >= 11 is 0. The molecule has 134 valence electrons. The summed E-state index contributed by atoms with van der Waals surface area (Å²) in [5, 5.41) is 4.37. The summed E-state index contributed by atoms with van der Waals surface area (Å²) < 4.78 is 0. The van der Waals surface area contributed by atoms with Crippen LogP contribution in [0, 0.1) is 24.7 Å². The average Bonchev–Trinajstić information content (AvgIpc) is 2.65. The number of amides is 1. The molecule has 0 bridgehead atoms. The fourth-order valence-electron chi connectivity index (χ4n) is 3.55. The summed E-state index contributed by atoms with van der Waals surface area (Å²) in [4.78, 5) is 12.5. The van der Waals surface area contributed by atoms with Gasteiger partial charge in [0.15, 0.2) is 0 Å². The molecular formula is C21H34N2O. The molecule has 3 nitrogen and oxygen atoms in total. The smallest absolute Gasteiger partial charge is 0.243 e. The maximum absolute atomic E-state index is 12.5. The van der Waals surface area contributed by atoms with Crippen molar-refractivity contribution in [2.45, 2.75) is 84.5 Å². The van der Waals surface area contributed by atoms with Crippen molar-refractivity contribution in [1.82, 2.24) is 5.43 Å². The fourth-order valence-corrected chi connectivity index (χ4v) is 3.55. The van der Waals surface area contributed by atoms with E-state index in [9.17, 15) is 4.79 Å². The average molecular weight is 331 g/mol. The van der Waals surface area contributed by atoms with E-state index in [1.54, 1.807) is 0 Å². The Bertz CT molecular complexity index is 441. The third-order valence-electron chi connectivity index (χ3n) is 5.34. The largest absolute Gasteiger partial charge is 0.273 e. The quantitative estimate of drug-likeness (QED) is 0.547. The van der Waals surface area contributed by atoms with Crippen molar-refractivity contribution in [3.05, 3.63) is 24.5 Å². The van der Waals surface area contributed by atoms with Crippen LogP contribution in [0.1, 0.15) is 84.5 Å². The van der Waals surface area contributed by atoms with Crippen LogP contribution in [0.15, 0.2) is 16.8 Å². The van der Waals surface area contributed by atoms with E-state index in [4.69, 9.17) is 0 Å². The number of hydrazone groups is 1. The van der Waals surface area contributed by atoms with Crippen LogP contribution in [-0.2, 0) is 4.79 Å². The van der Waals surface area contributed by atoms with Crippen molar-refractivity contribution in [1.29, 1.82) is 0 Å². The van der Waals surface area contributed by atoms with E-state index < -0.39 is 0 Å². The molecule has 0 aromatic rings. The minimum Gasteiger partial charge on any atom is -0.273 e. The van der Waals surface area contributed by atoms with Gasteiger partial charge in [-0.25, -0.2) is 5.43 Å². The molecule has 0 spiro atoms. The summed E-state index contributed by atoms with van der Waals surface area (Å²) in [5.41, 5.74) is 4.98. The Morgan fingerprint density at radius 3 is 2.17 bits per heavy atom. The van der Waals surface area contributed by atoms with Crippen LogP contribution in [0.2, 0.25) is 0 Å². The predicted octanol–water partition coefficient (Wildman–Crippen LogP) is 5.38. The standard InChI is InChI=1S/C21H34N2O/c1-17-13-15-19(16-14-17)18(2)22-23-21(24)20-11-9-7-5-3-4-6-8-10-12-20/h13-15,17,20H,3-12,16H2,1-2H3,(H,23,24)/b22-18+. The fraction of sp³-hybridized carbons (Fsp3) is 0.714. The highest BCUT2D eigenvalue weighted by Crippen LogP contribution is 2.23. The van der Waals surface area contributed by atoms with Crippen molar-refractivity contribution in [3.63, 3.8) is 0 Å². The van der Waals surface area contributed by atoms with E-state index >= 15 is 0 Å². The second-order valence-electron chi connectivity index (χ2n) is 7.46. The molecule has 3 heteroatoms. The highest BCUT2D eigenvalue weighted by Gasteiger charge is 2.18.